The predicted molar refractivity (Wildman–Crippen MR) is 122 cm³/mol. The van der Waals surface area contributed by atoms with Gasteiger partial charge in [-0.3, -0.25) is 0 Å². The van der Waals surface area contributed by atoms with Crippen molar-refractivity contribution in [2.45, 2.75) is 25.3 Å². The molecule has 3 rings (SSSR count). The van der Waals surface area contributed by atoms with Gasteiger partial charge in [-0.15, -0.1) is 12.4 Å². The van der Waals surface area contributed by atoms with E-state index < -0.39 is 0 Å². The second-order valence-corrected chi connectivity index (χ2v) is 6.90. The average molecular weight is 412 g/mol. The van der Waals surface area contributed by atoms with Crippen molar-refractivity contribution >= 4 is 12.4 Å². The third kappa shape index (κ3) is 6.81. The molecule has 0 aromatic heterocycles. The van der Waals surface area contributed by atoms with Crippen molar-refractivity contribution < 1.29 is 9.47 Å². The van der Waals surface area contributed by atoms with E-state index in [1.165, 1.54) is 16.7 Å². The highest BCUT2D eigenvalue weighted by Gasteiger charge is 2.14. The lowest BCUT2D eigenvalue weighted by Gasteiger charge is -2.19. The minimum Gasteiger partial charge on any atom is -0.497 e. The van der Waals surface area contributed by atoms with Gasteiger partial charge in [-0.25, -0.2) is 0 Å². The van der Waals surface area contributed by atoms with E-state index in [4.69, 9.17) is 9.47 Å². The Morgan fingerprint density at radius 2 is 1.24 bits per heavy atom. The maximum atomic E-state index is 5.31. The topological polar surface area (TPSA) is 30.5 Å². The van der Waals surface area contributed by atoms with Crippen LogP contribution in [0, 0.1) is 0 Å². The highest BCUT2D eigenvalue weighted by atomic mass is 35.5. The van der Waals surface area contributed by atoms with Gasteiger partial charge in [0.25, 0.3) is 0 Å². The molecule has 3 aromatic rings. The summed E-state index contributed by atoms with van der Waals surface area (Å²) in [5.41, 5.74) is 3.95. The number of nitrogens with one attached hydrogen (secondary N) is 1. The van der Waals surface area contributed by atoms with Crippen molar-refractivity contribution in [3.8, 4) is 11.5 Å². The molecule has 4 heteroatoms. The lowest BCUT2D eigenvalue weighted by Crippen LogP contribution is -2.15. The predicted octanol–water partition coefficient (Wildman–Crippen LogP) is 5.83. The molecule has 3 aromatic carbocycles. The van der Waals surface area contributed by atoms with Crippen LogP contribution in [0.15, 0.2) is 78.9 Å². The van der Waals surface area contributed by atoms with Crippen LogP contribution in [0.1, 0.15) is 35.4 Å². The van der Waals surface area contributed by atoms with Crippen LogP contribution in [0.5, 0.6) is 11.5 Å². The molecule has 154 valence electrons. The van der Waals surface area contributed by atoms with Crippen molar-refractivity contribution in [2.24, 2.45) is 0 Å². The average Bonchev–Trinajstić information content (AvgIpc) is 2.77. The summed E-state index contributed by atoms with van der Waals surface area (Å²) < 4.78 is 10.6. The van der Waals surface area contributed by atoms with E-state index in [1.54, 1.807) is 14.2 Å². The van der Waals surface area contributed by atoms with Crippen LogP contribution in [-0.4, -0.2) is 20.8 Å². The number of halogens is 1. The fourth-order valence-corrected chi connectivity index (χ4v) is 3.46. The van der Waals surface area contributed by atoms with Crippen LogP contribution < -0.4 is 14.8 Å². The zero-order chi connectivity index (χ0) is 19.6. The maximum Gasteiger partial charge on any atom is 0.118 e. The summed E-state index contributed by atoms with van der Waals surface area (Å²) in [7, 11) is 3.41. The molecule has 0 atom stereocenters. The summed E-state index contributed by atoms with van der Waals surface area (Å²) in [5, 5.41) is 3.56. The summed E-state index contributed by atoms with van der Waals surface area (Å²) >= 11 is 0. The van der Waals surface area contributed by atoms with E-state index in [-0.39, 0.29) is 12.4 Å². The highest BCUT2D eigenvalue weighted by molar-refractivity contribution is 5.85. The number of hydrogen-bond donors (Lipinski definition) is 1. The van der Waals surface area contributed by atoms with Crippen LogP contribution in [0.3, 0.4) is 0 Å². The van der Waals surface area contributed by atoms with Gasteiger partial charge in [-0.2, -0.15) is 0 Å². The van der Waals surface area contributed by atoms with E-state index in [2.05, 4.69) is 59.9 Å². The molecule has 0 saturated carbocycles. The maximum absolute atomic E-state index is 5.31. The smallest absolute Gasteiger partial charge is 0.118 e. The van der Waals surface area contributed by atoms with E-state index >= 15 is 0 Å². The summed E-state index contributed by atoms with van der Waals surface area (Å²) in [6.07, 6.45) is 2.19. The van der Waals surface area contributed by atoms with Crippen LogP contribution >= 0.6 is 12.4 Å². The highest BCUT2D eigenvalue weighted by Crippen LogP contribution is 2.31. The van der Waals surface area contributed by atoms with Gasteiger partial charge in [0.2, 0.25) is 0 Å². The lowest BCUT2D eigenvalue weighted by atomic mass is 9.87. The number of ether oxygens (including phenoxy) is 2. The van der Waals surface area contributed by atoms with Gasteiger partial charge >= 0.3 is 0 Å². The summed E-state index contributed by atoms with van der Waals surface area (Å²) in [5.74, 6) is 2.14. The Bertz CT molecular complexity index is 772. The Morgan fingerprint density at radius 3 is 1.72 bits per heavy atom. The zero-order valence-electron chi connectivity index (χ0n) is 17.1. The van der Waals surface area contributed by atoms with Crippen molar-refractivity contribution in [3.63, 3.8) is 0 Å². The van der Waals surface area contributed by atoms with Gasteiger partial charge < -0.3 is 14.8 Å². The number of benzene rings is 3. The third-order valence-electron chi connectivity index (χ3n) is 5.05. The van der Waals surface area contributed by atoms with E-state index in [1.807, 2.05) is 24.3 Å². The van der Waals surface area contributed by atoms with Gasteiger partial charge in [0.15, 0.2) is 0 Å². The Morgan fingerprint density at radius 1 is 0.724 bits per heavy atom. The number of methoxy groups -OCH3 is 2. The Balaban J connectivity index is 0.00000300. The lowest BCUT2D eigenvalue weighted by molar-refractivity contribution is 0.414. The molecule has 0 unspecified atom stereocenters. The molecule has 1 N–H and O–H groups in total. The van der Waals surface area contributed by atoms with Crippen LogP contribution in [0.25, 0.3) is 0 Å². The Hall–Kier alpha value is -2.49. The molecule has 3 nitrogen and oxygen atoms in total. The molecular weight excluding hydrogens is 382 g/mol. The van der Waals surface area contributed by atoms with Crippen LogP contribution in [-0.2, 0) is 6.54 Å². The monoisotopic (exact) mass is 411 g/mol. The van der Waals surface area contributed by atoms with Crippen molar-refractivity contribution in [3.05, 3.63) is 95.6 Å². The van der Waals surface area contributed by atoms with Crippen molar-refractivity contribution in [1.29, 1.82) is 0 Å². The van der Waals surface area contributed by atoms with Crippen molar-refractivity contribution in [1.82, 2.24) is 5.32 Å². The van der Waals surface area contributed by atoms with E-state index in [9.17, 15) is 0 Å². The normalized spacial score (nSPS) is 10.4. The summed E-state index contributed by atoms with van der Waals surface area (Å²) in [6, 6.07) is 27.4. The van der Waals surface area contributed by atoms with Crippen LogP contribution in [0.2, 0.25) is 0 Å². The largest absolute Gasteiger partial charge is 0.497 e. The SMILES string of the molecule is COc1ccc(C(CCCNCc2ccccc2)c2ccc(OC)cc2)cc1.Cl. The van der Waals surface area contributed by atoms with Crippen molar-refractivity contribution in [2.75, 3.05) is 20.8 Å². The minimum atomic E-state index is 0. The van der Waals surface area contributed by atoms with Gasteiger partial charge in [0.1, 0.15) is 11.5 Å². The second-order valence-electron chi connectivity index (χ2n) is 6.90. The van der Waals surface area contributed by atoms with E-state index in [0.717, 1.165) is 37.4 Å². The second kappa shape index (κ2) is 12.2. The van der Waals surface area contributed by atoms with Gasteiger partial charge in [0, 0.05) is 12.5 Å². The molecule has 0 aliphatic rings. The molecular formula is C25H30ClNO2. The zero-order valence-corrected chi connectivity index (χ0v) is 18.0. The standard InChI is InChI=1S/C25H29NO2.ClH/c1-27-23-14-10-21(11-15-23)25(22-12-16-24(28-2)17-13-22)9-6-18-26-19-20-7-4-3-5-8-20;/h3-5,7-8,10-17,25-26H,6,9,18-19H2,1-2H3;1H. The Labute approximate surface area is 180 Å². The molecule has 0 aliphatic heterocycles. The van der Waals surface area contributed by atoms with Gasteiger partial charge in [-0.05, 0) is 60.3 Å². The first-order valence-electron chi connectivity index (χ1n) is 9.82. The summed E-state index contributed by atoms with van der Waals surface area (Å²) in [4.78, 5) is 0. The quantitative estimate of drug-likeness (QED) is 0.426. The molecule has 0 radical (unpaired) electrons. The first kappa shape index (κ1) is 22.8. The first-order valence-corrected chi connectivity index (χ1v) is 9.82. The Kier molecular flexibility index (Phi) is 9.55. The molecule has 0 spiro atoms. The molecule has 0 saturated heterocycles. The number of hydrogen-bond acceptors (Lipinski definition) is 3. The summed E-state index contributed by atoms with van der Waals surface area (Å²) in [6.45, 7) is 1.91. The molecule has 0 amide bonds. The minimum absolute atomic E-state index is 0. The first-order chi connectivity index (χ1) is 13.8. The molecule has 0 heterocycles. The molecule has 0 fully saturated rings. The fraction of sp³-hybridized carbons (Fsp3) is 0.280. The van der Waals surface area contributed by atoms with Gasteiger partial charge in [-0.1, -0.05) is 54.6 Å². The number of rotatable bonds is 10. The molecule has 29 heavy (non-hydrogen) atoms. The third-order valence-corrected chi connectivity index (χ3v) is 5.05. The van der Waals surface area contributed by atoms with Gasteiger partial charge in [0.05, 0.1) is 14.2 Å². The molecule has 0 bridgehead atoms. The fourth-order valence-electron chi connectivity index (χ4n) is 3.46. The van der Waals surface area contributed by atoms with E-state index in [0.29, 0.717) is 5.92 Å². The molecule has 0 aliphatic carbocycles. The van der Waals surface area contributed by atoms with Crippen LogP contribution in [0.4, 0.5) is 0 Å².